The number of aromatic amines is 1. The predicted octanol–water partition coefficient (Wildman–Crippen LogP) is 3.18. The van der Waals surface area contributed by atoms with Gasteiger partial charge in [-0.3, -0.25) is 9.78 Å². The topological polar surface area (TPSA) is 58.2 Å². The van der Waals surface area contributed by atoms with Crippen molar-refractivity contribution in [1.29, 1.82) is 0 Å². The molecule has 1 fully saturated rings. The minimum atomic E-state index is 0.154. The largest absolute Gasteiger partial charge is 0.489 e. The lowest BCUT2D eigenvalue weighted by Gasteiger charge is -2.32. The van der Waals surface area contributed by atoms with E-state index >= 15 is 0 Å². The summed E-state index contributed by atoms with van der Waals surface area (Å²) >= 11 is 0. The Kier molecular flexibility index (Phi) is 4.37. The van der Waals surface area contributed by atoms with Crippen molar-refractivity contribution < 1.29 is 9.53 Å². The van der Waals surface area contributed by atoms with Crippen LogP contribution in [0.3, 0.4) is 0 Å². The fourth-order valence-electron chi connectivity index (χ4n) is 3.38. The van der Waals surface area contributed by atoms with Gasteiger partial charge in [0.1, 0.15) is 11.9 Å². The maximum Gasteiger partial charge on any atom is 0.227 e. The minimum absolute atomic E-state index is 0.154. The lowest BCUT2D eigenvalue weighted by Crippen LogP contribution is -2.42. The third-order valence-corrected chi connectivity index (χ3v) is 4.75. The highest BCUT2D eigenvalue weighted by atomic mass is 16.5. The zero-order chi connectivity index (χ0) is 17.1. The van der Waals surface area contributed by atoms with Gasteiger partial charge in [0.15, 0.2) is 0 Å². The van der Waals surface area contributed by atoms with Crippen LogP contribution in [-0.2, 0) is 11.2 Å². The minimum Gasteiger partial charge on any atom is -0.489 e. The Balaban J connectivity index is 1.33. The molecule has 25 heavy (non-hydrogen) atoms. The van der Waals surface area contributed by atoms with Gasteiger partial charge in [0.2, 0.25) is 5.91 Å². The number of likely N-dealkylation sites (tertiary alicyclic amines) is 1. The number of carbonyl (C=O) groups excluding carboxylic acids is 1. The number of ether oxygens (including phenoxy) is 1. The number of hydrogen-bond donors (Lipinski definition) is 1. The van der Waals surface area contributed by atoms with Crippen LogP contribution in [0.1, 0.15) is 18.4 Å². The van der Waals surface area contributed by atoms with E-state index in [9.17, 15) is 4.79 Å². The van der Waals surface area contributed by atoms with Crippen LogP contribution in [0, 0.1) is 0 Å². The second-order valence-electron chi connectivity index (χ2n) is 6.42. The number of carbonyl (C=O) groups is 1. The lowest BCUT2D eigenvalue weighted by molar-refractivity contribution is -0.132. The summed E-state index contributed by atoms with van der Waals surface area (Å²) in [6.45, 7) is 1.48. The van der Waals surface area contributed by atoms with E-state index in [1.54, 1.807) is 12.4 Å². The molecule has 3 heterocycles. The number of rotatable bonds is 4. The standard InChI is InChI=1S/C20H21N3O2/c24-20(12-15-13-22-19-6-2-1-5-18(15)19)23-10-7-16(8-11-23)25-17-4-3-9-21-14-17/h1-6,9,13-14,16,22H,7-8,10-12H2. The average molecular weight is 335 g/mol. The van der Waals surface area contributed by atoms with Gasteiger partial charge < -0.3 is 14.6 Å². The molecule has 5 nitrogen and oxygen atoms in total. The Labute approximate surface area is 146 Å². The van der Waals surface area contributed by atoms with Crippen LogP contribution in [0.15, 0.2) is 55.0 Å². The number of amides is 1. The molecule has 0 aliphatic carbocycles. The monoisotopic (exact) mass is 335 g/mol. The van der Waals surface area contributed by atoms with Crippen LogP contribution >= 0.6 is 0 Å². The molecule has 0 saturated carbocycles. The van der Waals surface area contributed by atoms with Crippen molar-refractivity contribution in [1.82, 2.24) is 14.9 Å². The maximum absolute atomic E-state index is 12.6. The summed E-state index contributed by atoms with van der Waals surface area (Å²) in [5, 5.41) is 1.13. The molecule has 5 heteroatoms. The Hall–Kier alpha value is -2.82. The van der Waals surface area contributed by atoms with Crippen molar-refractivity contribution in [3.63, 3.8) is 0 Å². The van der Waals surface area contributed by atoms with E-state index in [4.69, 9.17) is 4.74 Å². The molecule has 128 valence electrons. The van der Waals surface area contributed by atoms with Crippen LogP contribution in [0.4, 0.5) is 0 Å². The van der Waals surface area contributed by atoms with Crippen molar-refractivity contribution in [3.05, 3.63) is 60.6 Å². The molecule has 1 aliphatic heterocycles. The summed E-state index contributed by atoms with van der Waals surface area (Å²) in [7, 11) is 0. The number of benzene rings is 1. The van der Waals surface area contributed by atoms with E-state index in [0.29, 0.717) is 6.42 Å². The molecule has 1 aliphatic rings. The summed E-state index contributed by atoms with van der Waals surface area (Å²) in [5.74, 6) is 0.982. The highest BCUT2D eigenvalue weighted by Gasteiger charge is 2.24. The summed E-state index contributed by atoms with van der Waals surface area (Å²) in [6.07, 6.45) is 7.72. The molecular weight excluding hydrogens is 314 g/mol. The molecule has 0 radical (unpaired) electrons. The Morgan fingerprint density at radius 2 is 2.04 bits per heavy atom. The molecule has 0 spiro atoms. The van der Waals surface area contributed by atoms with E-state index < -0.39 is 0 Å². The first kappa shape index (κ1) is 15.7. The van der Waals surface area contributed by atoms with Crippen molar-refractivity contribution in [2.45, 2.75) is 25.4 Å². The number of nitrogens with one attached hydrogen (secondary N) is 1. The smallest absolute Gasteiger partial charge is 0.227 e. The van der Waals surface area contributed by atoms with Crippen molar-refractivity contribution >= 4 is 16.8 Å². The summed E-state index contributed by atoms with van der Waals surface area (Å²) in [5.41, 5.74) is 2.14. The molecule has 0 unspecified atom stereocenters. The number of hydrogen-bond acceptors (Lipinski definition) is 3. The molecule has 0 bridgehead atoms. The van der Waals surface area contributed by atoms with Crippen molar-refractivity contribution in [2.24, 2.45) is 0 Å². The fraction of sp³-hybridized carbons (Fsp3) is 0.300. The van der Waals surface area contributed by atoms with E-state index in [1.165, 1.54) is 0 Å². The molecule has 2 aromatic heterocycles. The Morgan fingerprint density at radius 3 is 2.84 bits per heavy atom. The molecule has 1 aromatic carbocycles. The van der Waals surface area contributed by atoms with Gasteiger partial charge in [0.05, 0.1) is 12.6 Å². The number of H-pyrrole nitrogens is 1. The van der Waals surface area contributed by atoms with Crippen LogP contribution < -0.4 is 4.74 Å². The molecule has 4 rings (SSSR count). The lowest BCUT2D eigenvalue weighted by atomic mass is 10.1. The van der Waals surface area contributed by atoms with Gasteiger partial charge >= 0.3 is 0 Å². The third kappa shape index (κ3) is 3.50. The van der Waals surface area contributed by atoms with Crippen molar-refractivity contribution in [2.75, 3.05) is 13.1 Å². The highest BCUT2D eigenvalue weighted by Crippen LogP contribution is 2.21. The number of piperidine rings is 1. The first-order chi connectivity index (χ1) is 12.3. The fourth-order valence-corrected chi connectivity index (χ4v) is 3.38. The number of nitrogens with zero attached hydrogens (tertiary/aromatic N) is 2. The molecule has 3 aromatic rings. The Morgan fingerprint density at radius 1 is 1.20 bits per heavy atom. The van der Waals surface area contributed by atoms with Crippen LogP contribution in [0.25, 0.3) is 10.9 Å². The number of fused-ring (bicyclic) bond motifs is 1. The quantitative estimate of drug-likeness (QED) is 0.797. The second-order valence-corrected chi connectivity index (χ2v) is 6.42. The SMILES string of the molecule is O=C(Cc1c[nH]c2ccccc12)N1CCC(Oc2cccnc2)CC1. The van der Waals surface area contributed by atoms with Gasteiger partial charge in [-0.25, -0.2) is 0 Å². The summed E-state index contributed by atoms with van der Waals surface area (Å²) in [4.78, 5) is 21.9. The molecule has 1 amide bonds. The van der Waals surface area contributed by atoms with E-state index in [-0.39, 0.29) is 12.0 Å². The van der Waals surface area contributed by atoms with Crippen LogP contribution in [0.2, 0.25) is 0 Å². The summed E-state index contributed by atoms with van der Waals surface area (Å²) < 4.78 is 5.94. The third-order valence-electron chi connectivity index (χ3n) is 4.75. The normalized spacial score (nSPS) is 15.4. The van der Waals surface area contributed by atoms with Gasteiger partial charge in [0.25, 0.3) is 0 Å². The van der Waals surface area contributed by atoms with Gasteiger partial charge in [-0.1, -0.05) is 18.2 Å². The van der Waals surface area contributed by atoms with E-state index in [1.807, 2.05) is 41.4 Å². The van der Waals surface area contributed by atoms with Gasteiger partial charge in [-0.05, 0) is 23.8 Å². The first-order valence-corrected chi connectivity index (χ1v) is 8.69. The maximum atomic E-state index is 12.6. The number of pyridine rings is 1. The van der Waals surface area contributed by atoms with Gasteiger partial charge in [0, 0.05) is 49.2 Å². The molecule has 1 saturated heterocycles. The van der Waals surface area contributed by atoms with E-state index in [0.717, 1.165) is 48.1 Å². The van der Waals surface area contributed by atoms with Crippen LogP contribution in [0.5, 0.6) is 5.75 Å². The predicted molar refractivity (Wildman–Crippen MR) is 96.5 cm³/mol. The summed E-state index contributed by atoms with van der Waals surface area (Å²) in [6, 6.07) is 11.9. The van der Waals surface area contributed by atoms with Crippen LogP contribution in [-0.4, -0.2) is 40.0 Å². The highest BCUT2D eigenvalue weighted by molar-refractivity contribution is 5.88. The second kappa shape index (κ2) is 6.97. The van der Waals surface area contributed by atoms with Crippen molar-refractivity contribution in [3.8, 4) is 5.75 Å². The first-order valence-electron chi connectivity index (χ1n) is 8.69. The number of para-hydroxylation sites is 1. The van der Waals surface area contributed by atoms with E-state index in [2.05, 4.69) is 16.0 Å². The molecule has 1 N–H and O–H groups in total. The van der Waals surface area contributed by atoms with Gasteiger partial charge in [-0.15, -0.1) is 0 Å². The average Bonchev–Trinajstić information content (AvgIpc) is 3.06. The molecule has 0 atom stereocenters. The van der Waals surface area contributed by atoms with Gasteiger partial charge in [-0.2, -0.15) is 0 Å². The number of aromatic nitrogens is 2. The molecular formula is C20H21N3O2. The zero-order valence-electron chi connectivity index (χ0n) is 14.0. The Bertz CT molecular complexity index is 852. The zero-order valence-corrected chi connectivity index (χ0v) is 14.0.